The van der Waals surface area contributed by atoms with Crippen molar-refractivity contribution in [3.63, 3.8) is 0 Å². The molecule has 0 bridgehead atoms. The van der Waals surface area contributed by atoms with Gasteiger partial charge in [0.1, 0.15) is 0 Å². The van der Waals surface area contributed by atoms with Crippen LogP contribution in [0, 0.1) is 0 Å². The molecule has 0 aromatic carbocycles. The molecule has 0 atom stereocenters. The van der Waals surface area contributed by atoms with Crippen LogP contribution in [0.3, 0.4) is 0 Å². The van der Waals surface area contributed by atoms with Crippen molar-refractivity contribution in [2.75, 3.05) is 0 Å². The van der Waals surface area contributed by atoms with Crippen molar-refractivity contribution in [2.45, 2.75) is 38.4 Å². The van der Waals surface area contributed by atoms with Gasteiger partial charge in [-0.3, -0.25) is 0 Å². The van der Waals surface area contributed by atoms with Gasteiger partial charge in [0.05, 0.1) is 7.85 Å². The Kier molecular flexibility index (Phi) is 7.64. The zero-order valence-electron chi connectivity index (χ0n) is 6.10. The maximum Gasteiger partial charge on any atom is 0.0653 e. The fourth-order valence-corrected chi connectivity index (χ4v) is 0.787. The minimum atomic E-state index is 0.841. The predicted octanol–water partition coefficient (Wildman–Crippen LogP) is 2.71. The Hall–Kier alpha value is -0.195. The van der Waals surface area contributed by atoms with Gasteiger partial charge in [-0.25, -0.2) is 0 Å². The van der Waals surface area contributed by atoms with Gasteiger partial charge < -0.3 is 0 Å². The zero-order valence-corrected chi connectivity index (χ0v) is 6.10. The van der Waals surface area contributed by atoms with Crippen LogP contribution < -0.4 is 0 Å². The topological polar surface area (TPSA) is 0 Å². The molecule has 0 aliphatic rings. The van der Waals surface area contributed by atoms with Crippen LogP contribution in [0.1, 0.15) is 32.1 Å². The molecule has 0 unspecified atom stereocenters. The minimum Gasteiger partial charge on any atom is -0.103 e. The van der Waals surface area contributed by atoms with Crippen molar-refractivity contribution in [3.05, 3.63) is 12.7 Å². The van der Waals surface area contributed by atoms with E-state index in [0.29, 0.717) is 0 Å². The molecule has 0 fully saturated rings. The SMILES string of the molecule is [B]CCCCCCC=C. The number of hydrogen-bond donors (Lipinski definition) is 0. The third kappa shape index (κ3) is 7.80. The zero-order chi connectivity index (χ0) is 6.95. The molecule has 0 nitrogen and oxygen atoms in total. The molecule has 0 aromatic rings. The van der Waals surface area contributed by atoms with E-state index in [-0.39, 0.29) is 0 Å². The molecule has 0 rings (SSSR count). The van der Waals surface area contributed by atoms with Crippen molar-refractivity contribution < 1.29 is 0 Å². The number of hydrogen-bond acceptors (Lipinski definition) is 0. The lowest BCUT2D eigenvalue weighted by atomic mass is 9.99. The van der Waals surface area contributed by atoms with E-state index in [9.17, 15) is 0 Å². The van der Waals surface area contributed by atoms with Gasteiger partial charge >= 0.3 is 0 Å². The summed E-state index contributed by atoms with van der Waals surface area (Å²) in [6, 6.07) is 0. The smallest absolute Gasteiger partial charge is 0.0653 e. The van der Waals surface area contributed by atoms with Crippen LogP contribution in [-0.2, 0) is 0 Å². The maximum atomic E-state index is 5.32. The predicted molar refractivity (Wildman–Crippen MR) is 43.8 cm³/mol. The summed E-state index contributed by atoms with van der Waals surface area (Å²) >= 11 is 0. The highest BCUT2D eigenvalue weighted by Crippen LogP contribution is 2.03. The van der Waals surface area contributed by atoms with E-state index in [1.807, 2.05) is 6.08 Å². The molecule has 0 amide bonds. The lowest BCUT2D eigenvalue weighted by Gasteiger charge is -1.94. The highest BCUT2D eigenvalue weighted by molar-refractivity contribution is 6.08. The van der Waals surface area contributed by atoms with Gasteiger partial charge in [0.2, 0.25) is 0 Å². The van der Waals surface area contributed by atoms with Crippen LogP contribution in [-0.4, -0.2) is 7.85 Å². The summed E-state index contributed by atoms with van der Waals surface area (Å²) in [5.41, 5.74) is 0. The quantitative estimate of drug-likeness (QED) is 0.288. The van der Waals surface area contributed by atoms with Crippen LogP contribution in [0.5, 0.6) is 0 Å². The highest BCUT2D eigenvalue weighted by Gasteiger charge is 1.84. The first-order chi connectivity index (χ1) is 4.41. The standard InChI is InChI=1S/C8H15B/c1-2-3-4-5-6-7-8-9/h2H,1,3-8H2. The summed E-state index contributed by atoms with van der Waals surface area (Å²) in [6.45, 7) is 3.65. The second-order valence-electron chi connectivity index (χ2n) is 2.28. The first kappa shape index (κ1) is 8.80. The molecule has 0 saturated carbocycles. The summed E-state index contributed by atoms with van der Waals surface area (Å²) in [4.78, 5) is 0. The fraction of sp³-hybridized carbons (Fsp3) is 0.750. The molecular formula is C8H15B. The fourth-order valence-electron chi connectivity index (χ4n) is 0.787. The Labute approximate surface area is 59.8 Å². The van der Waals surface area contributed by atoms with E-state index < -0.39 is 0 Å². The van der Waals surface area contributed by atoms with Crippen molar-refractivity contribution in [3.8, 4) is 0 Å². The van der Waals surface area contributed by atoms with Crippen molar-refractivity contribution in [2.24, 2.45) is 0 Å². The molecule has 0 aromatic heterocycles. The number of allylic oxidation sites excluding steroid dienone is 1. The molecule has 0 aliphatic carbocycles. The Bertz CT molecular complexity index is 59.6. The average Bonchev–Trinajstić information content (AvgIpc) is 1.89. The molecule has 1 heteroatoms. The molecule has 50 valence electrons. The van der Waals surface area contributed by atoms with Gasteiger partial charge in [-0.2, -0.15) is 0 Å². The normalized spacial score (nSPS) is 9.33. The minimum absolute atomic E-state index is 0.841. The Morgan fingerprint density at radius 2 is 1.78 bits per heavy atom. The summed E-state index contributed by atoms with van der Waals surface area (Å²) < 4.78 is 0. The van der Waals surface area contributed by atoms with E-state index in [2.05, 4.69) is 6.58 Å². The van der Waals surface area contributed by atoms with E-state index in [4.69, 9.17) is 7.85 Å². The lowest BCUT2D eigenvalue weighted by molar-refractivity contribution is 0.674. The summed E-state index contributed by atoms with van der Waals surface area (Å²) in [5.74, 6) is 0. The van der Waals surface area contributed by atoms with Crippen LogP contribution in [0.25, 0.3) is 0 Å². The third-order valence-electron chi connectivity index (χ3n) is 1.36. The third-order valence-corrected chi connectivity index (χ3v) is 1.36. The molecule has 0 spiro atoms. The van der Waals surface area contributed by atoms with E-state index in [0.717, 1.165) is 12.7 Å². The second kappa shape index (κ2) is 7.80. The summed E-state index contributed by atoms with van der Waals surface area (Å²) in [6.07, 6.45) is 9.02. The molecule has 0 N–H and O–H groups in total. The van der Waals surface area contributed by atoms with Gasteiger partial charge in [0, 0.05) is 0 Å². The monoisotopic (exact) mass is 122 g/mol. The van der Waals surface area contributed by atoms with Crippen LogP contribution in [0.15, 0.2) is 12.7 Å². The molecule has 2 radical (unpaired) electrons. The molecule has 9 heavy (non-hydrogen) atoms. The van der Waals surface area contributed by atoms with Crippen LogP contribution in [0.2, 0.25) is 6.32 Å². The van der Waals surface area contributed by atoms with Crippen molar-refractivity contribution in [1.29, 1.82) is 0 Å². The molecule has 0 aliphatic heterocycles. The largest absolute Gasteiger partial charge is 0.103 e. The van der Waals surface area contributed by atoms with Crippen LogP contribution >= 0.6 is 0 Å². The summed E-state index contributed by atoms with van der Waals surface area (Å²) in [7, 11) is 5.32. The average molecular weight is 122 g/mol. The van der Waals surface area contributed by atoms with Gasteiger partial charge in [-0.15, -0.1) is 6.58 Å². The Balaban J connectivity index is 2.66. The highest BCUT2D eigenvalue weighted by atomic mass is 13.9. The molecule has 0 heterocycles. The van der Waals surface area contributed by atoms with Crippen molar-refractivity contribution >= 4 is 7.85 Å². The maximum absolute atomic E-state index is 5.32. The number of rotatable bonds is 6. The first-order valence-electron chi connectivity index (χ1n) is 3.72. The Morgan fingerprint density at radius 1 is 1.11 bits per heavy atom. The van der Waals surface area contributed by atoms with E-state index in [1.54, 1.807) is 0 Å². The first-order valence-corrected chi connectivity index (χ1v) is 3.72. The molecular weight excluding hydrogens is 107 g/mol. The van der Waals surface area contributed by atoms with E-state index in [1.165, 1.54) is 25.7 Å². The van der Waals surface area contributed by atoms with Gasteiger partial charge in [0.15, 0.2) is 0 Å². The van der Waals surface area contributed by atoms with Crippen LogP contribution in [0.4, 0.5) is 0 Å². The van der Waals surface area contributed by atoms with Gasteiger partial charge in [0.25, 0.3) is 0 Å². The van der Waals surface area contributed by atoms with Gasteiger partial charge in [-0.05, 0) is 12.8 Å². The Morgan fingerprint density at radius 3 is 2.33 bits per heavy atom. The second-order valence-corrected chi connectivity index (χ2v) is 2.28. The number of unbranched alkanes of at least 4 members (excludes halogenated alkanes) is 4. The summed E-state index contributed by atoms with van der Waals surface area (Å²) in [5, 5.41) is 0. The van der Waals surface area contributed by atoms with Crippen molar-refractivity contribution in [1.82, 2.24) is 0 Å². The van der Waals surface area contributed by atoms with E-state index >= 15 is 0 Å². The molecule has 0 saturated heterocycles. The lowest BCUT2D eigenvalue weighted by Crippen LogP contribution is -1.76. The van der Waals surface area contributed by atoms with Gasteiger partial charge in [-0.1, -0.05) is 31.7 Å².